The molecule has 2 heterocycles. The summed E-state index contributed by atoms with van der Waals surface area (Å²) >= 11 is 0. The Morgan fingerprint density at radius 2 is 2.35 bits per heavy atom. The summed E-state index contributed by atoms with van der Waals surface area (Å²) in [4.78, 5) is 13.2. The number of aromatic nitrogens is 2. The number of carbonyl (C=O) groups is 1. The molecule has 94 valence electrons. The molecule has 6 heteroatoms. The molecule has 6 nitrogen and oxygen atoms in total. The highest BCUT2D eigenvalue weighted by Crippen LogP contribution is 2.18. The molecule has 1 aliphatic rings. The van der Waals surface area contributed by atoms with Gasteiger partial charge in [-0.3, -0.25) is 9.58 Å². The van der Waals surface area contributed by atoms with E-state index < -0.39 is 5.97 Å². The molecule has 0 saturated carbocycles. The Morgan fingerprint density at radius 3 is 2.88 bits per heavy atom. The fraction of sp³-hybridized carbons (Fsp3) is 0.636. The van der Waals surface area contributed by atoms with E-state index in [9.17, 15) is 4.79 Å². The molecule has 3 N–H and O–H groups in total. The maximum absolute atomic E-state index is 11.0. The summed E-state index contributed by atoms with van der Waals surface area (Å²) in [5, 5.41) is 13.1. The summed E-state index contributed by atoms with van der Waals surface area (Å²) in [5.74, 6) is -0.471. The van der Waals surface area contributed by atoms with Crippen LogP contribution in [-0.2, 0) is 13.6 Å². The van der Waals surface area contributed by atoms with Gasteiger partial charge in [-0.2, -0.15) is 5.10 Å². The molecule has 0 aromatic carbocycles. The van der Waals surface area contributed by atoms with Crippen LogP contribution in [0.5, 0.6) is 0 Å². The van der Waals surface area contributed by atoms with Crippen LogP contribution in [0.4, 0.5) is 0 Å². The summed E-state index contributed by atoms with van der Waals surface area (Å²) in [6.07, 6.45) is 1.40. The fourth-order valence-electron chi connectivity index (χ4n) is 2.27. The van der Waals surface area contributed by atoms with Crippen molar-refractivity contribution in [3.63, 3.8) is 0 Å². The monoisotopic (exact) mass is 238 g/mol. The van der Waals surface area contributed by atoms with E-state index >= 15 is 0 Å². The number of aryl methyl sites for hydroxylation is 1. The van der Waals surface area contributed by atoms with Gasteiger partial charge in [0.25, 0.3) is 0 Å². The van der Waals surface area contributed by atoms with E-state index in [1.165, 1.54) is 6.20 Å². The van der Waals surface area contributed by atoms with E-state index in [0.717, 1.165) is 18.8 Å². The average molecular weight is 238 g/mol. The summed E-state index contributed by atoms with van der Waals surface area (Å²) in [5.41, 5.74) is 6.97. The van der Waals surface area contributed by atoms with Crippen LogP contribution in [0.25, 0.3) is 0 Å². The Balaban J connectivity index is 2.14. The number of hydrogen-bond donors (Lipinski definition) is 2. The van der Waals surface area contributed by atoms with Crippen molar-refractivity contribution >= 4 is 5.97 Å². The number of carboxylic acid groups (broad SMARTS) is 1. The number of carboxylic acids is 1. The van der Waals surface area contributed by atoms with Crippen molar-refractivity contribution in [3.05, 3.63) is 17.5 Å². The molecule has 1 aliphatic heterocycles. The predicted octanol–water partition coefficient (Wildman–Crippen LogP) is -0.103. The van der Waals surface area contributed by atoms with Crippen LogP contribution in [0.15, 0.2) is 6.20 Å². The van der Waals surface area contributed by atoms with Gasteiger partial charge in [0.2, 0.25) is 0 Å². The molecule has 17 heavy (non-hydrogen) atoms. The van der Waals surface area contributed by atoms with Crippen LogP contribution in [0.3, 0.4) is 0 Å². The topological polar surface area (TPSA) is 84.4 Å². The molecule has 1 aromatic heterocycles. The molecule has 2 rings (SSSR count). The SMILES string of the molecule is CC1CN(Cc2c(C(=O)O)cnn2C)CC1N. The van der Waals surface area contributed by atoms with Crippen LogP contribution in [-0.4, -0.2) is 44.9 Å². The summed E-state index contributed by atoms with van der Waals surface area (Å²) in [7, 11) is 1.77. The van der Waals surface area contributed by atoms with E-state index in [4.69, 9.17) is 10.8 Å². The molecule has 0 aliphatic carbocycles. The van der Waals surface area contributed by atoms with Gasteiger partial charge in [-0.25, -0.2) is 4.79 Å². The van der Waals surface area contributed by atoms with Gasteiger partial charge in [-0.1, -0.05) is 6.92 Å². The molecule has 1 fully saturated rings. The molecular weight excluding hydrogens is 220 g/mol. The van der Waals surface area contributed by atoms with E-state index in [2.05, 4.69) is 16.9 Å². The number of hydrogen-bond acceptors (Lipinski definition) is 4. The van der Waals surface area contributed by atoms with Gasteiger partial charge in [-0.05, 0) is 5.92 Å². The summed E-state index contributed by atoms with van der Waals surface area (Å²) in [6.45, 7) is 4.43. The fourth-order valence-corrected chi connectivity index (χ4v) is 2.27. The van der Waals surface area contributed by atoms with Crippen molar-refractivity contribution in [1.82, 2.24) is 14.7 Å². The molecule has 0 radical (unpaired) electrons. The van der Waals surface area contributed by atoms with E-state index in [1.807, 2.05) is 0 Å². The minimum Gasteiger partial charge on any atom is -0.478 e. The lowest BCUT2D eigenvalue weighted by Gasteiger charge is -2.15. The second-order valence-corrected chi connectivity index (χ2v) is 4.77. The molecule has 2 atom stereocenters. The largest absolute Gasteiger partial charge is 0.478 e. The molecular formula is C11H18N4O2. The zero-order chi connectivity index (χ0) is 12.6. The summed E-state index contributed by atoms with van der Waals surface area (Å²) < 4.78 is 1.62. The van der Waals surface area contributed by atoms with Crippen molar-refractivity contribution in [1.29, 1.82) is 0 Å². The van der Waals surface area contributed by atoms with Crippen LogP contribution in [0, 0.1) is 5.92 Å². The summed E-state index contributed by atoms with van der Waals surface area (Å²) in [6, 6.07) is 0.177. The third-order valence-corrected chi connectivity index (χ3v) is 3.41. The van der Waals surface area contributed by atoms with Crippen molar-refractivity contribution < 1.29 is 9.90 Å². The lowest BCUT2D eigenvalue weighted by Crippen LogP contribution is -2.29. The Bertz CT molecular complexity index is 419. The zero-order valence-corrected chi connectivity index (χ0v) is 10.1. The van der Waals surface area contributed by atoms with Crippen LogP contribution in [0.1, 0.15) is 23.0 Å². The maximum Gasteiger partial charge on any atom is 0.339 e. The van der Waals surface area contributed by atoms with Gasteiger partial charge in [0.1, 0.15) is 5.56 Å². The second-order valence-electron chi connectivity index (χ2n) is 4.77. The van der Waals surface area contributed by atoms with E-state index in [1.54, 1.807) is 11.7 Å². The third kappa shape index (κ3) is 2.32. The predicted molar refractivity (Wildman–Crippen MR) is 62.6 cm³/mol. The quantitative estimate of drug-likeness (QED) is 0.768. The highest BCUT2D eigenvalue weighted by atomic mass is 16.4. The van der Waals surface area contributed by atoms with Crippen LogP contribution >= 0.6 is 0 Å². The molecule has 1 aromatic rings. The molecule has 0 amide bonds. The Labute approximate surface area is 100 Å². The Kier molecular flexibility index (Phi) is 3.17. The van der Waals surface area contributed by atoms with Crippen molar-refractivity contribution in [2.75, 3.05) is 13.1 Å². The van der Waals surface area contributed by atoms with Crippen molar-refractivity contribution in [2.45, 2.75) is 19.5 Å². The highest BCUT2D eigenvalue weighted by Gasteiger charge is 2.28. The number of aromatic carboxylic acids is 1. The van der Waals surface area contributed by atoms with E-state index in [-0.39, 0.29) is 11.6 Å². The van der Waals surface area contributed by atoms with Gasteiger partial charge in [0.15, 0.2) is 0 Å². The Morgan fingerprint density at radius 1 is 1.65 bits per heavy atom. The lowest BCUT2D eigenvalue weighted by atomic mass is 10.1. The smallest absolute Gasteiger partial charge is 0.339 e. The average Bonchev–Trinajstić information content (AvgIpc) is 2.74. The minimum absolute atomic E-state index is 0.177. The molecule has 0 spiro atoms. The number of nitrogens with zero attached hydrogens (tertiary/aromatic N) is 3. The standard InChI is InChI=1S/C11H18N4O2/c1-7-4-15(5-9(7)12)6-10-8(11(16)17)3-13-14(10)2/h3,7,9H,4-6,12H2,1-2H3,(H,16,17). The first kappa shape index (κ1) is 12.1. The van der Waals surface area contributed by atoms with Gasteiger partial charge in [0.05, 0.1) is 11.9 Å². The lowest BCUT2D eigenvalue weighted by molar-refractivity contribution is 0.0694. The molecule has 1 saturated heterocycles. The number of rotatable bonds is 3. The second kappa shape index (κ2) is 4.46. The van der Waals surface area contributed by atoms with Crippen molar-refractivity contribution in [2.24, 2.45) is 18.7 Å². The zero-order valence-electron chi connectivity index (χ0n) is 10.1. The van der Waals surface area contributed by atoms with Gasteiger partial charge in [-0.15, -0.1) is 0 Å². The molecule has 0 bridgehead atoms. The normalized spacial score (nSPS) is 25.4. The minimum atomic E-state index is -0.926. The first-order valence-electron chi connectivity index (χ1n) is 5.71. The van der Waals surface area contributed by atoms with Crippen molar-refractivity contribution in [3.8, 4) is 0 Å². The number of likely N-dealkylation sites (tertiary alicyclic amines) is 1. The van der Waals surface area contributed by atoms with Gasteiger partial charge in [0, 0.05) is 32.7 Å². The number of nitrogens with two attached hydrogens (primary N) is 1. The highest BCUT2D eigenvalue weighted by molar-refractivity contribution is 5.88. The van der Waals surface area contributed by atoms with Crippen LogP contribution < -0.4 is 5.73 Å². The Hall–Kier alpha value is -1.40. The first-order valence-corrected chi connectivity index (χ1v) is 5.71. The van der Waals surface area contributed by atoms with Crippen LogP contribution in [0.2, 0.25) is 0 Å². The first-order chi connectivity index (χ1) is 7.99. The maximum atomic E-state index is 11.0. The molecule has 2 unspecified atom stereocenters. The van der Waals surface area contributed by atoms with Gasteiger partial charge < -0.3 is 10.8 Å². The van der Waals surface area contributed by atoms with E-state index in [0.29, 0.717) is 12.5 Å². The third-order valence-electron chi connectivity index (χ3n) is 3.41. The van der Waals surface area contributed by atoms with Gasteiger partial charge >= 0.3 is 5.97 Å².